The number of hydrogen-bond donors (Lipinski definition) is 4. The lowest BCUT2D eigenvalue weighted by Gasteiger charge is -2.27. The Balaban J connectivity index is 1.58. The number of hydrogen-bond acceptors (Lipinski definition) is 5. The van der Waals surface area contributed by atoms with Crippen LogP contribution in [0.4, 0.5) is 21.8 Å². The van der Waals surface area contributed by atoms with Gasteiger partial charge >= 0.3 is 0 Å². The number of amides is 2. The lowest BCUT2D eigenvalue weighted by atomic mass is 9.90. The summed E-state index contributed by atoms with van der Waals surface area (Å²) in [4.78, 5) is 44.5. The maximum absolute atomic E-state index is 13.1. The van der Waals surface area contributed by atoms with Crippen LogP contribution in [0.5, 0.6) is 0 Å². The summed E-state index contributed by atoms with van der Waals surface area (Å²) in [5.74, 6) is -1.79. The van der Waals surface area contributed by atoms with Crippen molar-refractivity contribution in [2.45, 2.75) is 50.5 Å². The van der Waals surface area contributed by atoms with Gasteiger partial charge in [0, 0.05) is 18.2 Å². The van der Waals surface area contributed by atoms with Crippen molar-refractivity contribution in [2.24, 2.45) is 0 Å². The molecule has 4 rings (SSSR count). The fraction of sp³-hybridized carbons (Fsp3) is 0.400. The molecule has 8 nitrogen and oxygen atoms in total. The summed E-state index contributed by atoms with van der Waals surface area (Å²) < 4.78 is 13.1. The minimum absolute atomic E-state index is 0.0680. The van der Waals surface area contributed by atoms with Gasteiger partial charge in [-0.3, -0.25) is 19.4 Å². The zero-order valence-corrected chi connectivity index (χ0v) is 15.8. The van der Waals surface area contributed by atoms with E-state index in [1.807, 2.05) is 0 Å². The Labute approximate surface area is 166 Å². The number of anilines is 3. The van der Waals surface area contributed by atoms with E-state index in [2.05, 4.69) is 25.9 Å². The van der Waals surface area contributed by atoms with E-state index in [4.69, 9.17) is 0 Å². The van der Waals surface area contributed by atoms with E-state index >= 15 is 0 Å². The molecule has 29 heavy (non-hydrogen) atoms. The molecule has 1 atom stereocenters. The third-order valence-electron chi connectivity index (χ3n) is 5.33. The number of carbonyl (C=O) groups is 2. The molecule has 2 aliphatic rings. The molecule has 1 aliphatic heterocycles. The molecule has 1 aliphatic carbocycles. The number of benzene rings is 1. The Kier molecular flexibility index (Phi) is 5.28. The molecule has 1 unspecified atom stereocenters. The van der Waals surface area contributed by atoms with Gasteiger partial charge in [-0.2, -0.15) is 4.98 Å². The molecule has 2 aromatic rings. The molecule has 0 saturated heterocycles. The van der Waals surface area contributed by atoms with Crippen LogP contribution in [-0.4, -0.2) is 27.8 Å². The maximum atomic E-state index is 13.1. The predicted molar refractivity (Wildman–Crippen MR) is 106 cm³/mol. The van der Waals surface area contributed by atoms with Crippen molar-refractivity contribution in [1.82, 2.24) is 15.3 Å². The highest BCUT2D eigenvalue weighted by Gasteiger charge is 2.35. The monoisotopic (exact) mass is 399 g/mol. The Hall–Kier alpha value is -3.23. The lowest BCUT2D eigenvalue weighted by Crippen LogP contribution is -2.43. The third-order valence-corrected chi connectivity index (χ3v) is 5.33. The summed E-state index contributed by atoms with van der Waals surface area (Å²) in [6, 6.07) is 5.61. The Bertz CT molecular complexity index is 983. The van der Waals surface area contributed by atoms with Crippen LogP contribution >= 0.6 is 0 Å². The normalized spacial score (nSPS) is 19.2. The van der Waals surface area contributed by atoms with Crippen LogP contribution in [0.15, 0.2) is 29.1 Å². The van der Waals surface area contributed by atoms with Crippen molar-refractivity contribution in [3.05, 3.63) is 46.0 Å². The summed E-state index contributed by atoms with van der Waals surface area (Å²) in [7, 11) is 0. The molecule has 1 saturated carbocycles. The highest BCUT2D eigenvalue weighted by molar-refractivity contribution is 6.00. The molecular formula is C20H22FN5O3. The molecule has 1 fully saturated rings. The number of H-pyrrole nitrogens is 1. The van der Waals surface area contributed by atoms with Crippen molar-refractivity contribution >= 4 is 29.3 Å². The molecule has 0 radical (unpaired) electrons. The average Bonchev–Trinajstić information content (AvgIpc) is 2.69. The first-order valence-corrected chi connectivity index (χ1v) is 9.76. The number of aromatic amines is 1. The van der Waals surface area contributed by atoms with Crippen molar-refractivity contribution in [1.29, 1.82) is 0 Å². The van der Waals surface area contributed by atoms with Crippen molar-refractivity contribution < 1.29 is 14.0 Å². The van der Waals surface area contributed by atoms with Gasteiger partial charge < -0.3 is 16.0 Å². The zero-order chi connectivity index (χ0) is 20.4. The van der Waals surface area contributed by atoms with Gasteiger partial charge in [-0.25, -0.2) is 4.39 Å². The number of nitrogens with one attached hydrogen (secondary N) is 4. The molecule has 0 spiro atoms. The first kappa shape index (κ1) is 19.1. The first-order chi connectivity index (χ1) is 14.0. The molecule has 1 aromatic heterocycles. The van der Waals surface area contributed by atoms with Gasteiger partial charge in [0.1, 0.15) is 11.6 Å². The second kappa shape index (κ2) is 8.02. The van der Waals surface area contributed by atoms with E-state index in [9.17, 15) is 18.8 Å². The van der Waals surface area contributed by atoms with Crippen LogP contribution in [0.2, 0.25) is 0 Å². The summed E-state index contributed by atoms with van der Waals surface area (Å²) >= 11 is 0. The number of nitrogens with zero attached hydrogens (tertiary/aromatic N) is 1. The quantitative estimate of drug-likeness (QED) is 0.631. The molecule has 152 valence electrons. The highest BCUT2D eigenvalue weighted by atomic mass is 19.1. The molecular weight excluding hydrogens is 377 g/mol. The number of halogens is 1. The Morgan fingerprint density at radius 1 is 1.10 bits per heavy atom. The molecule has 0 bridgehead atoms. The van der Waals surface area contributed by atoms with Crippen LogP contribution < -0.4 is 21.5 Å². The molecule has 2 amide bonds. The third kappa shape index (κ3) is 4.28. The van der Waals surface area contributed by atoms with Gasteiger partial charge in [-0.05, 0) is 37.1 Å². The number of carbonyl (C=O) groups excluding carboxylic acids is 2. The number of rotatable bonds is 4. The summed E-state index contributed by atoms with van der Waals surface area (Å²) in [5, 5.41) is 8.42. The maximum Gasteiger partial charge on any atom is 0.258 e. The van der Waals surface area contributed by atoms with Gasteiger partial charge in [-0.1, -0.05) is 19.3 Å². The smallest absolute Gasteiger partial charge is 0.258 e. The topological polar surface area (TPSA) is 116 Å². The first-order valence-electron chi connectivity index (χ1n) is 9.76. The van der Waals surface area contributed by atoms with E-state index in [0.29, 0.717) is 5.69 Å². The second-order valence-electron chi connectivity index (χ2n) is 7.46. The standard InChI is InChI=1S/C20H22FN5O3/c21-11-6-8-13(9-7-11)23-20-25-17-16(19(29)26-20)14(10-15(27)24-17)18(28)22-12-4-2-1-3-5-12/h6-9,12,14H,1-5,10H2,(H,22,28)(H3,23,24,25,26,27,29). The van der Waals surface area contributed by atoms with E-state index in [1.165, 1.54) is 24.3 Å². The van der Waals surface area contributed by atoms with Crippen LogP contribution in [0.3, 0.4) is 0 Å². The van der Waals surface area contributed by atoms with Gasteiger partial charge in [0.25, 0.3) is 5.56 Å². The molecule has 1 aromatic carbocycles. The Morgan fingerprint density at radius 3 is 2.55 bits per heavy atom. The molecule has 4 N–H and O–H groups in total. The predicted octanol–water partition coefficient (Wildman–Crippen LogP) is 2.53. The number of fused-ring (bicyclic) bond motifs is 1. The minimum atomic E-state index is -0.878. The van der Waals surface area contributed by atoms with Gasteiger partial charge in [0.15, 0.2) is 0 Å². The average molecular weight is 399 g/mol. The number of aromatic nitrogens is 2. The van der Waals surface area contributed by atoms with Gasteiger partial charge in [0.05, 0.1) is 11.5 Å². The van der Waals surface area contributed by atoms with Crippen LogP contribution in [0.25, 0.3) is 0 Å². The fourth-order valence-corrected chi connectivity index (χ4v) is 3.87. The van der Waals surface area contributed by atoms with Crippen LogP contribution in [0, 0.1) is 5.82 Å². The minimum Gasteiger partial charge on any atom is -0.353 e. The lowest BCUT2D eigenvalue weighted by molar-refractivity contribution is -0.127. The van der Waals surface area contributed by atoms with Crippen LogP contribution in [-0.2, 0) is 9.59 Å². The second-order valence-corrected chi connectivity index (χ2v) is 7.46. The van der Waals surface area contributed by atoms with Gasteiger partial charge in [0.2, 0.25) is 17.8 Å². The van der Waals surface area contributed by atoms with Crippen molar-refractivity contribution in [2.75, 3.05) is 10.6 Å². The summed E-state index contributed by atoms with van der Waals surface area (Å²) in [6.07, 6.45) is 5.01. The van der Waals surface area contributed by atoms with E-state index in [0.717, 1.165) is 32.1 Å². The van der Waals surface area contributed by atoms with E-state index in [-0.39, 0.29) is 47.4 Å². The van der Waals surface area contributed by atoms with Crippen molar-refractivity contribution in [3.63, 3.8) is 0 Å². The fourth-order valence-electron chi connectivity index (χ4n) is 3.87. The van der Waals surface area contributed by atoms with E-state index in [1.54, 1.807) is 0 Å². The Morgan fingerprint density at radius 2 is 1.83 bits per heavy atom. The zero-order valence-electron chi connectivity index (χ0n) is 15.8. The summed E-state index contributed by atoms with van der Waals surface area (Å²) in [6.45, 7) is 0. The van der Waals surface area contributed by atoms with Gasteiger partial charge in [-0.15, -0.1) is 0 Å². The largest absolute Gasteiger partial charge is 0.353 e. The molecule has 9 heteroatoms. The SMILES string of the molecule is O=C1CC(C(=O)NC2CCCCC2)c2c(nc(Nc3ccc(F)cc3)[nH]c2=O)N1. The van der Waals surface area contributed by atoms with Crippen LogP contribution in [0.1, 0.15) is 50.0 Å². The summed E-state index contributed by atoms with van der Waals surface area (Å²) in [5.41, 5.74) is 0.175. The molecule has 2 heterocycles. The highest BCUT2D eigenvalue weighted by Crippen LogP contribution is 2.30. The van der Waals surface area contributed by atoms with Crippen molar-refractivity contribution in [3.8, 4) is 0 Å². The van der Waals surface area contributed by atoms with E-state index < -0.39 is 11.5 Å².